The number of anilines is 1. The summed E-state index contributed by atoms with van der Waals surface area (Å²) in [5.74, 6) is 0.0522. The average Bonchev–Trinajstić information content (AvgIpc) is 2.98. The number of hydrogen-bond donors (Lipinski definition) is 1. The van der Waals surface area contributed by atoms with Crippen LogP contribution in [-0.4, -0.2) is 52.5 Å². The number of ether oxygens (including phenoxy) is 2. The molecule has 2 atom stereocenters. The first-order chi connectivity index (χ1) is 11.8. The summed E-state index contributed by atoms with van der Waals surface area (Å²) in [7, 11) is -3.51. The molecule has 0 aromatic heterocycles. The summed E-state index contributed by atoms with van der Waals surface area (Å²) in [5, 5.41) is 3.24. The fourth-order valence-corrected chi connectivity index (χ4v) is 4.12. The van der Waals surface area contributed by atoms with E-state index in [2.05, 4.69) is 5.32 Å². The maximum absolute atomic E-state index is 12.5. The molecule has 3 rings (SSSR count). The van der Waals surface area contributed by atoms with Crippen LogP contribution in [0.15, 0.2) is 18.2 Å². The first kappa shape index (κ1) is 18.3. The molecule has 0 unspecified atom stereocenters. The summed E-state index contributed by atoms with van der Waals surface area (Å²) < 4.78 is 36.7. The van der Waals surface area contributed by atoms with Gasteiger partial charge in [-0.2, -0.15) is 0 Å². The van der Waals surface area contributed by atoms with Crippen molar-refractivity contribution in [3.05, 3.63) is 23.2 Å². The van der Waals surface area contributed by atoms with Crippen LogP contribution in [0, 0.1) is 0 Å². The SMILES string of the molecule is CS(=O)(=O)N1CC[C@@H](C(=O)NC[C@H]2CCCO2)Oc2ccc(Cl)cc21. The molecule has 2 aliphatic heterocycles. The van der Waals surface area contributed by atoms with Crippen LogP contribution in [0.2, 0.25) is 5.02 Å². The summed E-state index contributed by atoms with van der Waals surface area (Å²) in [6.07, 6.45) is 2.56. The third kappa shape index (κ3) is 4.37. The standard InChI is InChI=1S/C16H21ClN2O5S/c1-25(21,22)19-7-6-15(16(20)18-10-12-3-2-8-23-12)24-14-5-4-11(17)9-13(14)19/h4-5,9,12,15H,2-3,6-8,10H2,1H3,(H,18,20)/t12-,15+/m1/s1. The van der Waals surface area contributed by atoms with E-state index in [1.807, 2.05) is 0 Å². The topological polar surface area (TPSA) is 84.9 Å². The second kappa shape index (κ2) is 7.39. The van der Waals surface area contributed by atoms with E-state index < -0.39 is 16.1 Å². The number of sulfonamides is 1. The molecule has 2 aliphatic rings. The number of nitrogens with zero attached hydrogens (tertiary/aromatic N) is 1. The Balaban J connectivity index is 1.76. The fraction of sp³-hybridized carbons (Fsp3) is 0.562. The Bertz CT molecular complexity index is 749. The van der Waals surface area contributed by atoms with Gasteiger partial charge in [0, 0.05) is 31.1 Å². The third-order valence-corrected chi connectivity index (χ3v) is 5.69. The van der Waals surface area contributed by atoms with Gasteiger partial charge in [0.05, 0.1) is 18.0 Å². The number of amides is 1. The van der Waals surface area contributed by atoms with Crippen LogP contribution in [0.5, 0.6) is 5.75 Å². The average molecular weight is 389 g/mol. The third-order valence-electron chi connectivity index (χ3n) is 4.27. The summed E-state index contributed by atoms with van der Waals surface area (Å²) in [4.78, 5) is 12.5. The monoisotopic (exact) mass is 388 g/mol. The van der Waals surface area contributed by atoms with Crippen molar-refractivity contribution >= 4 is 33.2 Å². The predicted molar refractivity (Wildman–Crippen MR) is 94.7 cm³/mol. The molecule has 138 valence electrons. The molecule has 1 amide bonds. The van der Waals surface area contributed by atoms with Crippen LogP contribution < -0.4 is 14.4 Å². The number of carbonyl (C=O) groups excluding carboxylic acids is 1. The maximum Gasteiger partial charge on any atom is 0.261 e. The molecule has 1 fully saturated rings. The lowest BCUT2D eigenvalue weighted by Gasteiger charge is -2.21. The minimum atomic E-state index is -3.51. The molecule has 0 aliphatic carbocycles. The number of carbonyl (C=O) groups is 1. The molecule has 2 heterocycles. The minimum Gasteiger partial charge on any atom is -0.478 e. The molecule has 1 aromatic carbocycles. The van der Waals surface area contributed by atoms with Crippen molar-refractivity contribution < 1.29 is 22.7 Å². The summed E-state index contributed by atoms with van der Waals surface area (Å²) in [6.45, 7) is 1.30. The molecule has 1 saturated heterocycles. The van der Waals surface area contributed by atoms with Crippen molar-refractivity contribution in [1.29, 1.82) is 0 Å². The Kier molecular flexibility index (Phi) is 5.41. The van der Waals surface area contributed by atoms with Gasteiger partial charge in [0.2, 0.25) is 10.0 Å². The normalized spacial score (nSPS) is 23.5. The van der Waals surface area contributed by atoms with E-state index in [0.717, 1.165) is 25.7 Å². The van der Waals surface area contributed by atoms with Crippen molar-refractivity contribution in [2.75, 3.05) is 30.3 Å². The molecule has 0 radical (unpaired) electrons. The first-order valence-corrected chi connectivity index (χ1v) is 10.4. The van der Waals surface area contributed by atoms with Crippen LogP contribution in [0.3, 0.4) is 0 Å². The number of rotatable bonds is 4. The quantitative estimate of drug-likeness (QED) is 0.845. The van der Waals surface area contributed by atoms with Crippen LogP contribution in [-0.2, 0) is 19.6 Å². The maximum atomic E-state index is 12.5. The zero-order valence-corrected chi connectivity index (χ0v) is 15.5. The Morgan fingerprint density at radius 2 is 2.20 bits per heavy atom. The van der Waals surface area contributed by atoms with Gasteiger partial charge in [-0.1, -0.05) is 11.6 Å². The molecule has 7 nitrogen and oxygen atoms in total. The molecule has 25 heavy (non-hydrogen) atoms. The van der Waals surface area contributed by atoms with E-state index in [1.54, 1.807) is 12.1 Å². The number of benzene rings is 1. The highest BCUT2D eigenvalue weighted by Crippen LogP contribution is 2.36. The Hall–Kier alpha value is -1.51. The van der Waals surface area contributed by atoms with Crippen LogP contribution >= 0.6 is 11.6 Å². The second-order valence-electron chi connectivity index (χ2n) is 6.22. The second-order valence-corrected chi connectivity index (χ2v) is 8.57. The van der Waals surface area contributed by atoms with Crippen LogP contribution in [0.25, 0.3) is 0 Å². The molecular weight excluding hydrogens is 368 g/mol. The lowest BCUT2D eigenvalue weighted by atomic mass is 10.2. The zero-order chi connectivity index (χ0) is 18.0. The molecular formula is C16H21ClN2O5S. The number of nitrogens with one attached hydrogen (secondary N) is 1. The van der Waals surface area contributed by atoms with Crippen molar-refractivity contribution in [2.24, 2.45) is 0 Å². The summed E-state index contributed by atoms with van der Waals surface area (Å²) in [6, 6.07) is 4.72. The Labute approximate surface area is 152 Å². The van der Waals surface area contributed by atoms with E-state index in [-0.39, 0.29) is 25.0 Å². The van der Waals surface area contributed by atoms with Crippen LogP contribution in [0.4, 0.5) is 5.69 Å². The van der Waals surface area contributed by atoms with Gasteiger partial charge in [0.25, 0.3) is 5.91 Å². The lowest BCUT2D eigenvalue weighted by Crippen LogP contribution is -2.42. The highest BCUT2D eigenvalue weighted by atomic mass is 35.5. The van der Waals surface area contributed by atoms with E-state index in [1.165, 1.54) is 10.4 Å². The van der Waals surface area contributed by atoms with E-state index in [4.69, 9.17) is 21.1 Å². The Morgan fingerprint density at radius 3 is 2.88 bits per heavy atom. The van der Waals surface area contributed by atoms with E-state index >= 15 is 0 Å². The molecule has 9 heteroatoms. The molecule has 0 saturated carbocycles. The number of hydrogen-bond acceptors (Lipinski definition) is 5. The highest BCUT2D eigenvalue weighted by Gasteiger charge is 2.31. The lowest BCUT2D eigenvalue weighted by molar-refractivity contribution is -0.128. The first-order valence-electron chi connectivity index (χ1n) is 8.18. The van der Waals surface area contributed by atoms with Gasteiger partial charge >= 0.3 is 0 Å². The molecule has 0 spiro atoms. The highest BCUT2D eigenvalue weighted by molar-refractivity contribution is 7.92. The zero-order valence-electron chi connectivity index (χ0n) is 13.9. The minimum absolute atomic E-state index is 0.0355. The Morgan fingerprint density at radius 1 is 1.40 bits per heavy atom. The largest absolute Gasteiger partial charge is 0.478 e. The number of halogens is 1. The van der Waals surface area contributed by atoms with Crippen molar-refractivity contribution in [1.82, 2.24) is 5.32 Å². The van der Waals surface area contributed by atoms with Crippen molar-refractivity contribution in [2.45, 2.75) is 31.5 Å². The van der Waals surface area contributed by atoms with Gasteiger partial charge in [-0.3, -0.25) is 9.10 Å². The molecule has 0 bridgehead atoms. The van der Waals surface area contributed by atoms with Gasteiger partial charge in [-0.25, -0.2) is 8.42 Å². The van der Waals surface area contributed by atoms with Gasteiger partial charge in [-0.05, 0) is 31.0 Å². The van der Waals surface area contributed by atoms with Crippen LogP contribution in [0.1, 0.15) is 19.3 Å². The molecule has 1 aromatic rings. The predicted octanol–water partition coefficient (Wildman–Crippen LogP) is 1.55. The van der Waals surface area contributed by atoms with E-state index in [9.17, 15) is 13.2 Å². The van der Waals surface area contributed by atoms with Gasteiger partial charge in [-0.15, -0.1) is 0 Å². The summed E-state index contributed by atoms with van der Waals surface area (Å²) >= 11 is 6.00. The van der Waals surface area contributed by atoms with Crippen molar-refractivity contribution in [3.8, 4) is 5.75 Å². The smallest absolute Gasteiger partial charge is 0.261 e. The van der Waals surface area contributed by atoms with Gasteiger partial charge in [0.15, 0.2) is 6.10 Å². The van der Waals surface area contributed by atoms with Gasteiger partial charge in [0.1, 0.15) is 5.75 Å². The summed E-state index contributed by atoms with van der Waals surface area (Å²) in [5.41, 5.74) is 0.351. The number of fused-ring (bicyclic) bond motifs is 1. The molecule has 1 N–H and O–H groups in total. The van der Waals surface area contributed by atoms with Crippen molar-refractivity contribution in [3.63, 3.8) is 0 Å². The van der Waals surface area contributed by atoms with E-state index in [0.29, 0.717) is 23.0 Å². The van der Waals surface area contributed by atoms with Gasteiger partial charge < -0.3 is 14.8 Å². The fourth-order valence-electron chi connectivity index (χ4n) is 3.01.